The standard InChI is InChI=1S/C26H23ClN2O5S/c1-16-5-9-22(10-6-16)35(31,32)34-25-23(27)13-19(14-24(25)33-4)12-20(15-28)26(30)29-21-8-7-17(2)18(3)11-21/h5-14H,1-4H3,(H,29,30)/b20-12+. The lowest BCUT2D eigenvalue weighted by Gasteiger charge is -2.13. The van der Waals surface area contributed by atoms with Gasteiger partial charge in [0, 0.05) is 5.69 Å². The van der Waals surface area contributed by atoms with E-state index in [-0.39, 0.29) is 27.0 Å². The van der Waals surface area contributed by atoms with E-state index >= 15 is 0 Å². The summed E-state index contributed by atoms with van der Waals surface area (Å²) in [5, 5.41) is 12.2. The number of nitrogens with one attached hydrogen (secondary N) is 1. The fraction of sp³-hybridized carbons (Fsp3) is 0.154. The van der Waals surface area contributed by atoms with Gasteiger partial charge < -0.3 is 14.2 Å². The summed E-state index contributed by atoms with van der Waals surface area (Å²) in [4.78, 5) is 12.6. The Morgan fingerprint density at radius 1 is 1.03 bits per heavy atom. The Balaban J connectivity index is 1.90. The van der Waals surface area contributed by atoms with Gasteiger partial charge in [0.15, 0.2) is 5.75 Å². The number of carbonyl (C=O) groups is 1. The highest BCUT2D eigenvalue weighted by molar-refractivity contribution is 7.87. The zero-order valence-electron chi connectivity index (χ0n) is 19.5. The minimum atomic E-state index is -4.18. The van der Waals surface area contributed by atoms with Gasteiger partial charge in [0.2, 0.25) is 5.75 Å². The number of anilines is 1. The number of nitriles is 1. The molecular weight excluding hydrogens is 488 g/mol. The molecule has 35 heavy (non-hydrogen) atoms. The van der Waals surface area contributed by atoms with Gasteiger partial charge in [-0.25, -0.2) is 0 Å². The third-order valence-electron chi connectivity index (χ3n) is 5.20. The minimum Gasteiger partial charge on any atom is -0.493 e. The highest BCUT2D eigenvalue weighted by atomic mass is 35.5. The maximum Gasteiger partial charge on any atom is 0.339 e. The van der Waals surface area contributed by atoms with Crippen molar-refractivity contribution in [3.05, 3.63) is 87.4 Å². The second kappa shape index (κ2) is 10.6. The Hall–Kier alpha value is -3.80. The van der Waals surface area contributed by atoms with E-state index in [4.69, 9.17) is 20.5 Å². The predicted octanol–water partition coefficient (Wildman–Crippen LogP) is 5.59. The number of carbonyl (C=O) groups excluding carboxylic acids is 1. The molecule has 0 aliphatic heterocycles. The van der Waals surface area contributed by atoms with Gasteiger partial charge in [-0.1, -0.05) is 35.4 Å². The molecule has 0 saturated carbocycles. The van der Waals surface area contributed by atoms with Crippen LogP contribution >= 0.6 is 11.6 Å². The van der Waals surface area contributed by atoms with Crippen molar-refractivity contribution in [3.8, 4) is 17.6 Å². The molecular formula is C26H23ClN2O5S. The maximum atomic E-state index is 12.7. The molecule has 1 amide bonds. The van der Waals surface area contributed by atoms with E-state index in [0.717, 1.165) is 16.7 Å². The van der Waals surface area contributed by atoms with E-state index < -0.39 is 16.0 Å². The highest BCUT2D eigenvalue weighted by Gasteiger charge is 2.22. The second-order valence-corrected chi connectivity index (χ2v) is 9.76. The van der Waals surface area contributed by atoms with E-state index in [2.05, 4.69) is 5.32 Å². The summed E-state index contributed by atoms with van der Waals surface area (Å²) in [6, 6.07) is 16.2. The Kier molecular flexibility index (Phi) is 7.85. The van der Waals surface area contributed by atoms with Crippen LogP contribution in [0.25, 0.3) is 6.08 Å². The molecule has 3 aromatic rings. The smallest absolute Gasteiger partial charge is 0.339 e. The fourth-order valence-corrected chi connectivity index (χ4v) is 4.36. The molecule has 3 rings (SSSR count). The first-order valence-corrected chi connectivity index (χ1v) is 12.2. The number of amides is 1. The Labute approximate surface area is 209 Å². The Morgan fingerprint density at radius 3 is 2.31 bits per heavy atom. The predicted molar refractivity (Wildman–Crippen MR) is 135 cm³/mol. The van der Waals surface area contributed by atoms with Crippen LogP contribution in [-0.4, -0.2) is 21.4 Å². The number of benzene rings is 3. The van der Waals surface area contributed by atoms with Gasteiger partial charge in [-0.2, -0.15) is 13.7 Å². The van der Waals surface area contributed by atoms with E-state index in [9.17, 15) is 18.5 Å². The molecule has 0 aromatic heterocycles. The van der Waals surface area contributed by atoms with Gasteiger partial charge >= 0.3 is 10.1 Å². The number of aryl methyl sites for hydroxylation is 3. The van der Waals surface area contributed by atoms with Crippen molar-refractivity contribution in [2.45, 2.75) is 25.7 Å². The van der Waals surface area contributed by atoms with Crippen molar-refractivity contribution in [2.24, 2.45) is 0 Å². The van der Waals surface area contributed by atoms with Gasteiger partial charge in [-0.15, -0.1) is 0 Å². The monoisotopic (exact) mass is 510 g/mol. The highest BCUT2D eigenvalue weighted by Crippen LogP contribution is 2.39. The number of hydrogen-bond acceptors (Lipinski definition) is 6. The third kappa shape index (κ3) is 6.21. The number of halogens is 1. The summed E-state index contributed by atoms with van der Waals surface area (Å²) in [6.45, 7) is 5.71. The number of hydrogen-bond donors (Lipinski definition) is 1. The number of ether oxygens (including phenoxy) is 1. The van der Waals surface area contributed by atoms with Crippen LogP contribution in [-0.2, 0) is 14.9 Å². The molecule has 0 radical (unpaired) electrons. The van der Waals surface area contributed by atoms with Gasteiger partial charge in [0.1, 0.15) is 16.5 Å². The van der Waals surface area contributed by atoms with Crippen molar-refractivity contribution < 1.29 is 22.1 Å². The molecule has 0 heterocycles. The molecule has 180 valence electrons. The minimum absolute atomic E-state index is 0.0197. The third-order valence-corrected chi connectivity index (χ3v) is 6.71. The summed E-state index contributed by atoms with van der Waals surface area (Å²) < 4.78 is 36.0. The number of nitrogens with zero attached hydrogens (tertiary/aromatic N) is 1. The van der Waals surface area contributed by atoms with Crippen molar-refractivity contribution in [3.63, 3.8) is 0 Å². The molecule has 0 saturated heterocycles. The average Bonchev–Trinajstić information content (AvgIpc) is 2.81. The first-order chi connectivity index (χ1) is 16.5. The lowest BCUT2D eigenvalue weighted by Crippen LogP contribution is -2.13. The largest absolute Gasteiger partial charge is 0.493 e. The molecule has 9 heteroatoms. The molecule has 0 aliphatic carbocycles. The molecule has 3 aromatic carbocycles. The number of methoxy groups -OCH3 is 1. The van der Waals surface area contributed by atoms with Crippen molar-refractivity contribution in [2.75, 3.05) is 12.4 Å². The second-order valence-electron chi connectivity index (χ2n) is 7.81. The van der Waals surface area contributed by atoms with Crippen molar-refractivity contribution in [1.82, 2.24) is 0 Å². The van der Waals surface area contributed by atoms with Gasteiger partial charge in [-0.3, -0.25) is 4.79 Å². The summed E-state index contributed by atoms with van der Waals surface area (Å²) >= 11 is 6.32. The molecule has 0 aliphatic rings. The Morgan fingerprint density at radius 2 is 1.71 bits per heavy atom. The quantitative estimate of drug-likeness (QED) is 0.252. The van der Waals surface area contributed by atoms with E-state index in [0.29, 0.717) is 11.3 Å². The van der Waals surface area contributed by atoms with E-state index in [1.165, 1.54) is 37.5 Å². The van der Waals surface area contributed by atoms with Crippen molar-refractivity contribution >= 4 is 39.4 Å². The van der Waals surface area contributed by atoms with Crippen LogP contribution < -0.4 is 14.2 Å². The van der Waals surface area contributed by atoms with Crippen LogP contribution in [0.4, 0.5) is 5.69 Å². The lowest BCUT2D eigenvalue weighted by molar-refractivity contribution is -0.112. The van der Waals surface area contributed by atoms with Crippen LogP contribution in [0.2, 0.25) is 5.02 Å². The fourth-order valence-electron chi connectivity index (χ4n) is 3.10. The normalized spacial score (nSPS) is 11.5. The Bertz CT molecular complexity index is 1460. The van der Waals surface area contributed by atoms with Crippen LogP contribution in [0.15, 0.2) is 65.1 Å². The molecule has 1 N–H and O–H groups in total. The lowest BCUT2D eigenvalue weighted by atomic mass is 10.1. The van der Waals surface area contributed by atoms with Crippen LogP contribution in [0, 0.1) is 32.1 Å². The van der Waals surface area contributed by atoms with Crippen molar-refractivity contribution in [1.29, 1.82) is 5.26 Å². The first kappa shape index (κ1) is 25.8. The molecule has 7 nitrogen and oxygen atoms in total. The summed E-state index contributed by atoms with van der Waals surface area (Å²) in [7, 11) is -2.86. The molecule has 0 bridgehead atoms. The molecule has 0 unspecified atom stereocenters. The van der Waals surface area contributed by atoms with Gasteiger partial charge in [0.25, 0.3) is 5.91 Å². The molecule has 0 atom stereocenters. The zero-order chi connectivity index (χ0) is 25.8. The zero-order valence-corrected chi connectivity index (χ0v) is 21.1. The molecule has 0 fully saturated rings. The summed E-state index contributed by atoms with van der Waals surface area (Å²) in [5.74, 6) is -0.788. The summed E-state index contributed by atoms with van der Waals surface area (Å²) in [6.07, 6.45) is 1.32. The first-order valence-electron chi connectivity index (χ1n) is 10.4. The topological polar surface area (TPSA) is 105 Å². The SMILES string of the molecule is COc1cc(/C=C(\C#N)C(=O)Nc2ccc(C)c(C)c2)cc(Cl)c1OS(=O)(=O)c1ccc(C)cc1. The summed E-state index contributed by atoms with van der Waals surface area (Å²) in [5.41, 5.74) is 3.69. The van der Waals surface area contributed by atoms with E-state index in [1.807, 2.05) is 39.0 Å². The van der Waals surface area contributed by atoms with E-state index in [1.54, 1.807) is 18.2 Å². The van der Waals surface area contributed by atoms with Crippen LogP contribution in [0.1, 0.15) is 22.3 Å². The van der Waals surface area contributed by atoms with Crippen LogP contribution in [0.5, 0.6) is 11.5 Å². The average molecular weight is 511 g/mol. The van der Waals surface area contributed by atoms with Gasteiger partial charge in [0.05, 0.1) is 12.1 Å². The maximum absolute atomic E-state index is 12.7. The van der Waals surface area contributed by atoms with Crippen LogP contribution in [0.3, 0.4) is 0 Å². The van der Waals surface area contributed by atoms with Gasteiger partial charge in [-0.05, 0) is 79.9 Å². The number of rotatable bonds is 7. The molecule has 0 spiro atoms.